The minimum atomic E-state index is -1.49. The van der Waals surface area contributed by atoms with Crippen LogP contribution in [0.15, 0.2) is 109 Å². The number of hydrogen-bond donors (Lipinski definition) is 5. The first kappa shape index (κ1) is 34.2. The summed E-state index contributed by atoms with van der Waals surface area (Å²) in [4.78, 5) is 57.7. The van der Waals surface area contributed by atoms with Crippen molar-refractivity contribution >= 4 is 34.9 Å². The molecule has 0 saturated heterocycles. The Hall–Kier alpha value is -7.17. The third-order valence-corrected chi connectivity index (χ3v) is 7.23. The standard InChI is InChI=1S/C34H24N4O12/c39-32(30-26(34(42)43)7-3-9-28(30)38(47)48)35-20-12-16-22(17-13-20)50-24-5-1-4-23(18-24)49-21-14-10-19(11-15-21)31(36-44)29-25(33(40)41)6-2-8-27(29)37(45)46/h1-18,31,36,44H,(H,35,39)(H,40,41)(H,42,43). The lowest BCUT2D eigenvalue weighted by Crippen LogP contribution is -2.22. The van der Waals surface area contributed by atoms with Crippen LogP contribution in [0.5, 0.6) is 23.0 Å². The molecule has 1 unspecified atom stereocenters. The zero-order chi connectivity index (χ0) is 35.9. The van der Waals surface area contributed by atoms with E-state index in [0.29, 0.717) is 28.6 Å². The number of nitro groups is 2. The lowest BCUT2D eigenvalue weighted by atomic mass is 9.93. The molecule has 0 bridgehead atoms. The molecule has 50 heavy (non-hydrogen) atoms. The van der Waals surface area contributed by atoms with Crippen LogP contribution in [-0.2, 0) is 0 Å². The number of carboxylic acids is 2. The predicted octanol–water partition coefficient (Wildman–Crippen LogP) is 6.80. The van der Waals surface area contributed by atoms with Gasteiger partial charge in [0.25, 0.3) is 17.3 Å². The Morgan fingerprint density at radius 2 is 1.14 bits per heavy atom. The van der Waals surface area contributed by atoms with Crippen LogP contribution in [0.25, 0.3) is 0 Å². The summed E-state index contributed by atoms with van der Waals surface area (Å²) in [5.74, 6) is -2.46. The number of nitrogens with zero attached hydrogens (tertiary/aromatic N) is 2. The zero-order valence-electron chi connectivity index (χ0n) is 25.4. The summed E-state index contributed by atoms with van der Waals surface area (Å²) in [6, 6.07) is 24.2. The van der Waals surface area contributed by atoms with Gasteiger partial charge in [-0.3, -0.25) is 25.0 Å². The predicted molar refractivity (Wildman–Crippen MR) is 174 cm³/mol. The van der Waals surface area contributed by atoms with Gasteiger partial charge in [-0.15, -0.1) is 0 Å². The minimum Gasteiger partial charge on any atom is -0.478 e. The number of ether oxygens (including phenoxy) is 2. The van der Waals surface area contributed by atoms with Crippen LogP contribution in [0.1, 0.15) is 48.2 Å². The second-order valence-electron chi connectivity index (χ2n) is 10.4. The molecule has 252 valence electrons. The molecule has 0 fully saturated rings. The van der Waals surface area contributed by atoms with E-state index in [1.165, 1.54) is 66.7 Å². The molecule has 1 atom stereocenters. The number of anilines is 1. The SMILES string of the molecule is O=C(O)c1cccc([N+](=O)[O-])c1C(=O)Nc1ccc(Oc2cccc(Oc3ccc(C(NO)c4c(C(=O)O)cccc4[N+](=O)[O-])cc3)c2)cc1. The lowest BCUT2D eigenvalue weighted by molar-refractivity contribution is -0.385. The molecule has 0 aliphatic heterocycles. The highest BCUT2D eigenvalue weighted by atomic mass is 16.6. The number of nitro benzene ring substituents is 2. The highest BCUT2D eigenvalue weighted by Gasteiger charge is 2.30. The quantitative estimate of drug-likeness (QED) is 0.0635. The highest BCUT2D eigenvalue weighted by molar-refractivity contribution is 6.13. The summed E-state index contributed by atoms with van der Waals surface area (Å²) in [6.45, 7) is 0. The Balaban J connectivity index is 1.27. The van der Waals surface area contributed by atoms with Gasteiger partial charge < -0.3 is 30.2 Å². The van der Waals surface area contributed by atoms with Crippen molar-refractivity contribution in [2.75, 3.05) is 5.32 Å². The minimum absolute atomic E-state index is 0.220. The second-order valence-corrected chi connectivity index (χ2v) is 10.4. The highest BCUT2D eigenvalue weighted by Crippen LogP contribution is 2.35. The van der Waals surface area contributed by atoms with E-state index in [0.717, 1.165) is 18.2 Å². The van der Waals surface area contributed by atoms with Crippen LogP contribution in [0.3, 0.4) is 0 Å². The van der Waals surface area contributed by atoms with Crippen LogP contribution in [0.4, 0.5) is 17.1 Å². The molecule has 16 heteroatoms. The van der Waals surface area contributed by atoms with Crippen molar-refractivity contribution in [2.45, 2.75) is 6.04 Å². The second kappa shape index (κ2) is 14.7. The number of aromatic carboxylic acids is 2. The van der Waals surface area contributed by atoms with Crippen molar-refractivity contribution in [3.8, 4) is 23.0 Å². The van der Waals surface area contributed by atoms with E-state index in [9.17, 15) is 50.0 Å². The van der Waals surface area contributed by atoms with E-state index in [-0.39, 0.29) is 16.8 Å². The Morgan fingerprint density at radius 3 is 1.66 bits per heavy atom. The first-order chi connectivity index (χ1) is 24.0. The molecule has 5 aromatic carbocycles. The maximum absolute atomic E-state index is 12.9. The topological polar surface area (TPSA) is 241 Å². The van der Waals surface area contributed by atoms with Crippen molar-refractivity contribution in [1.82, 2.24) is 5.48 Å². The van der Waals surface area contributed by atoms with E-state index >= 15 is 0 Å². The summed E-state index contributed by atoms with van der Waals surface area (Å²) in [6.07, 6.45) is 0. The number of rotatable bonds is 13. The molecule has 5 rings (SSSR count). The first-order valence-electron chi connectivity index (χ1n) is 14.3. The Bertz CT molecular complexity index is 2050. The molecule has 5 aromatic rings. The molecule has 0 radical (unpaired) electrons. The van der Waals surface area contributed by atoms with Crippen molar-refractivity contribution in [3.05, 3.63) is 157 Å². The smallest absolute Gasteiger partial charge is 0.336 e. The molecule has 5 N–H and O–H groups in total. The van der Waals surface area contributed by atoms with Gasteiger partial charge in [-0.1, -0.05) is 30.3 Å². The van der Waals surface area contributed by atoms with E-state index in [1.54, 1.807) is 24.3 Å². The van der Waals surface area contributed by atoms with Crippen LogP contribution >= 0.6 is 0 Å². The van der Waals surface area contributed by atoms with Gasteiger partial charge in [-0.05, 0) is 66.2 Å². The molecule has 1 amide bonds. The van der Waals surface area contributed by atoms with Gasteiger partial charge in [-0.25, -0.2) is 9.59 Å². The number of nitrogens with one attached hydrogen (secondary N) is 2. The van der Waals surface area contributed by atoms with Gasteiger partial charge >= 0.3 is 11.9 Å². The molecule has 16 nitrogen and oxygen atoms in total. The average molecular weight is 681 g/mol. The number of carbonyl (C=O) groups is 3. The Kier molecular flexibility index (Phi) is 10.1. The van der Waals surface area contributed by atoms with E-state index in [4.69, 9.17) is 9.47 Å². The molecular formula is C34H24N4O12. The van der Waals surface area contributed by atoms with E-state index in [2.05, 4.69) is 5.32 Å². The van der Waals surface area contributed by atoms with Crippen molar-refractivity contribution < 1.29 is 49.1 Å². The largest absolute Gasteiger partial charge is 0.478 e. The fourth-order valence-electron chi connectivity index (χ4n) is 5.02. The maximum Gasteiger partial charge on any atom is 0.336 e. The number of carbonyl (C=O) groups excluding carboxylic acids is 1. The van der Waals surface area contributed by atoms with Crippen LogP contribution in [0.2, 0.25) is 0 Å². The summed E-state index contributed by atoms with van der Waals surface area (Å²) in [5, 5.41) is 54.4. The number of amides is 1. The average Bonchev–Trinajstić information content (AvgIpc) is 3.09. The van der Waals surface area contributed by atoms with Gasteiger partial charge in [0.05, 0.1) is 32.6 Å². The lowest BCUT2D eigenvalue weighted by Gasteiger charge is -2.18. The maximum atomic E-state index is 12.9. The van der Waals surface area contributed by atoms with Crippen molar-refractivity contribution in [1.29, 1.82) is 0 Å². The van der Waals surface area contributed by atoms with Crippen LogP contribution in [0, 0.1) is 20.2 Å². The van der Waals surface area contributed by atoms with Gasteiger partial charge in [0.2, 0.25) is 0 Å². The summed E-state index contributed by atoms with van der Waals surface area (Å²) in [7, 11) is 0. The van der Waals surface area contributed by atoms with Gasteiger partial charge in [0.15, 0.2) is 0 Å². The molecule has 0 saturated carbocycles. The van der Waals surface area contributed by atoms with Crippen LogP contribution in [-0.4, -0.2) is 43.1 Å². The molecule has 0 heterocycles. The molecule has 0 aromatic heterocycles. The van der Waals surface area contributed by atoms with Gasteiger partial charge in [0.1, 0.15) is 28.6 Å². The number of carboxylic acid groups (broad SMARTS) is 2. The monoisotopic (exact) mass is 680 g/mol. The third-order valence-electron chi connectivity index (χ3n) is 7.23. The molecule has 0 aliphatic rings. The van der Waals surface area contributed by atoms with E-state index in [1.807, 2.05) is 5.48 Å². The normalized spacial score (nSPS) is 11.2. The first-order valence-corrected chi connectivity index (χ1v) is 14.3. The number of hydroxylamine groups is 1. The summed E-state index contributed by atoms with van der Waals surface area (Å²) in [5.41, 5.74) is -0.324. The third kappa shape index (κ3) is 7.52. The number of benzene rings is 5. The fourth-order valence-corrected chi connectivity index (χ4v) is 5.02. The van der Waals surface area contributed by atoms with Gasteiger partial charge in [0, 0.05) is 23.9 Å². The van der Waals surface area contributed by atoms with Crippen molar-refractivity contribution in [3.63, 3.8) is 0 Å². The molecular weight excluding hydrogens is 656 g/mol. The number of hydrogen-bond acceptors (Lipinski definition) is 11. The van der Waals surface area contributed by atoms with Crippen LogP contribution < -0.4 is 20.3 Å². The molecule has 0 spiro atoms. The van der Waals surface area contributed by atoms with Crippen molar-refractivity contribution in [2.24, 2.45) is 0 Å². The fraction of sp³-hybridized carbons (Fsp3) is 0.0294. The summed E-state index contributed by atoms with van der Waals surface area (Å²) >= 11 is 0. The Labute approximate surface area is 281 Å². The van der Waals surface area contributed by atoms with Gasteiger partial charge in [-0.2, -0.15) is 5.48 Å². The zero-order valence-corrected chi connectivity index (χ0v) is 25.4. The summed E-state index contributed by atoms with van der Waals surface area (Å²) < 4.78 is 11.8. The molecule has 0 aliphatic carbocycles. The Morgan fingerprint density at radius 1 is 0.640 bits per heavy atom. The van der Waals surface area contributed by atoms with E-state index < -0.39 is 56.2 Å².